The van der Waals surface area contributed by atoms with Crippen molar-refractivity contribution >= 4 is 5.91 Å². The molecule has 0 spiro atoms. The van der Waals surface area contributed by atoms with Crippen LogP contribution in [0.25, 0.3) is 0 Å². The summed E-state index contributed by atoms with van der Waals surface area (Å²) in [6.45, 7) is 7.43. The van der Waals surface area contributed by atoms with Gasteiger partial charge < -0.3 is 19.5 Å². The molecule has 0 bridgehead atoms. The van der Waals surface area contributed by atoms with Gasteiger partial charge in [0, 0.05) is 12.1 Å². The molecule has 0 atom stereocenters. The molecule has 0 aliphatic heterocycles. The summed E-state index contributed by atoms with van der Waals surface area (Å²) in [6, 6.07) is 13.1. The highest BCUT2D eigenvalue weighted by Crippen LogP contribution is 2.28. The number of ether oxygens (including phenoxy) is 3. The largest absolute Gasteiger partial charge is 0.493 e. The fraction of sp³-hybridized carbons (Fsp3) is 0.375. The Labute approximate surface area is 173 Å². The van der Waals surface area contributed by atoms with Gasteiger partial charge in [-0.2, -0.15) is 0 Å². The monoisotopic (exact) mass is 397 g/mol. The van der Waals surface area contributed by atoms with Gasteiger partial charge in [-0.25, -0.2) is 0 Å². The first-order chi connectivity index (χ1) is 14.2. The molecule has 0 fully saturated rings. The Morgan fingerprint density at radius 2 is 1.86 bits per heavy atom. The summed E-state index contributed by atoms with van der Waals surface area (Å²) in [5, 5.41) is 2.96. The van der Waals surface area contributed by atoms with Gasteiger partial charge in [0.05, 0.1) is 13.7 Å². The second kappa shape index (κ2) is 12.5. The molecule has 0 saturated heterocycles. The Morgan fingerprint density at radius 1 is 1.07 bits per heavy atom. The summed E-state index contributed by atoms with van der Waals surface area (Å²) in [4.78, 5) is 12.5. The van der Waals surface area contributed by atoms with Crippen molar-refractivity contribution in [3.63, 3.8) is 0 Å². The van der Waals surface area contributed by atoms with Crippen LogP contribution in [0.3, 0.4) is 0 Å². The Hall–Kier alpha value is -2.95. The number of amides is 1. The highest BCUT2D eigenvalue weighted by molar-refractivity contribution is 5.94. The smallest absolute Gasteiger partial charge is 0.251 e. The number of benzene rings is 2. The van der Waals surface area contributed by atoms with Crippen LogP contribution in [0.1, 0.15) is 42.1 Å². The zero-order valence-electron chi connectivity index (χ0n) is 17.4. The van der Waals surface area contributed by atoms with Gasteiger partial charge in [-0.15, -0.1) is 0 Å². The molecule has 1 amide bonds. The van der Waals surface area contributed by atoms with Crippen LogP contribution in [-0.4, -0.2) is 32.8 Å². The number of hydrogen-bond donors (Lipinski definition) is 1. The molecular weight excluding hydrogens is 366 g/mol. The van der Waals surface area contributed by atoms with Gasteiger partial charge >= 0.3 is 0 Å². The predicted octanol–water partition coefficient (Wildman–Crippen LogP) is 4.80. The standard InChI is InChI=1S/C24H31NO4/c1-4-6-7-17-29-23-18-20(10-13-22(23)27-3)24(26)25-15-14-19-8-11-21(12-9-19)28-16-5-2/h5,8-13,18H,2,4,6-7,14-17H2,1,3H3,(H,25,26). The van der Waals surface area contributed by atoms with Crippen LogP contribution >= 0.6 is 0 Å². The normalized spacial score (nSPS) is 10.3. The third-order valence-corrected chi connectivity index (χ3v) is 4.42. The molecule has 2 aromatic carbocycles. The zero-order chi connectivity index (χ0) is 20.9. The summed E-state index contributed by atoms with van der Waals surface area (Å²) in [5.41, 5.74) is 1.69. The topological polar surface area (TPSA) is 56.8 Å². The third kappa shape index (κ3) is 7.53. The van der Waals surface area contributed by atoms with E-state index < -0.39 is 0 Å². The minimum absolute atomic E-state index is 0.128. The van der Waals surface area contributed by atoms with Gasteiger partial charge in [0.15, 0.2) is 11.5 Å². The molecule has 0 saturated carbocycles. The molecule has 1 N–H and O–H groups in total. The summed E-state index contributed by atoms with van der Waals surface area (Å²) in [6.07, 6.45) is 5.68. The van der Waals surface area contributed by atoms with Crippen LogP contribution in [0.2, 0.25) is 0 Å². The SMILES string of the molecule is C=CCOc1ccc(CCNC(=O)c2ccc(OC)c(OCCCCC)c2)cc1. The zero-order valence-corrected chi connectivity index (χ0v) is 17.4. The Morgan fingerprint density at radius 3 is 2.55 bits per heavy atom. The number of hydrogen-bond acceptors (Lipinski definition) is 4. The molecular formula is C24H31NO4. The maximum atomic E-state index is 12.5. The molecule has 29 heavy (non-hydrogen) atoms. The van der Waals surface area contributed by atoms with E-state index >= 15 is 0 Å². The van der Waals surface area contributed by atoms with E-state index in [4.69, 9.17) is 14.2 Å². The number of methoxy groups -OCH3 is 1. The van der Waals surface area contributed by atoms with E-state index in [1.54, 1.807) is 31.4 Å². The summed E-state index contributed by atoms with van der Waals surface area (Å²) in [7, 11) is 1.60. The van der Waals surface area contributed by atoms with E-state index in [9.17, 15) is 4.79 Å². The third-order valence-electron chi connectivity index (χ3n) is 4.42. The number of rotatable bonds is 13. The molecule has 0 radical (unpaired) electrons. The average molecular weight is 398 g/mol. The summed E-state index contributed by atoms with van der Waals surface area (Å²) in [5.74, 6) is 1.92. The number of carbonyl (C=O) groups excluding carboxylic acids is 1. The van der Waals surface area contributed by atoms with Crippen molar-refractivity contribution in [2.24, 2.45) is 0 Å². The molecule has 2 rings (SSSR count). The fourth-order valence-electron chi connectivity index (χ4n) is 2.79. The fourth-order valence-corrected chi connectivity index (χ4v) is 2.79. The highest BCUT2D eigenvalue weighted by Gasteiger charge is 2.11. The van der Waals surface area contributed by atoms with Crippen LogP contribution in [0.4, 0.5) is 0 Å². The molecule has 0 aromatic heterocycles. The van der Waals surface area contributed by atoms with Crippen molar-refractivity contribution < 1.29 is 19.0 Å². The van der Waals surface area contributed by atoms with Gasteiger partial charge in [0.2, 0.25) is 0 Å². The minimum atomic E-state index is -0.128. The van der Waals surface area contributed by atoms with Crippen LogP contribution in [0, 0.1) is 0 Å². The van der Waals surface area contributed by atoms with Crippen LogP contribution in [-0.2, 0) is 6.42 Å². The van der Waals surface area contributed by atoms with Crippen molar-refractivity contribution in [3.8, 4) is 17.2 Å². The highest BCUT2D eigenvalue weighted by atomic mass is 16.5. The van der Waals surface area contributed by atoms with E-state index in [-0.39, 0.29) is 5.91 Å². The van der Waals surface area contributed by atoms with Gasteiger partial charge in [-0.05, 0) is 48.7 Å². The van der Waals surface area contributed by atoms with E-state index in [2.05, 4.69) is 18.8 Å². The van der Waals surface area contributed by atoms with Crippen molar-refractivity contribution in [2.45, 2.75) is 32.6 Å². The first-order valence-corrected chi connectivity index (χ1v) is 10.1. The summed E-state index contributed by atoms with van der Waals surface area (Å²) < 4.78 is 16.6. The molecule has 2 aromatic rings. The van der Waals surface area contributed by atoms with Crippen molar-refractivity contribution in [3.05, 3.63) is 66.2 Å². The van der Waals surface area contributed by atoms with Crippen LogP contribution < -0.4 is 19.5 Å². The second-order valence-corrected chi connectivity index (χ2v) is 6.67. The summed E-state index contributed by atoms with van der Waals surface area (Å²) >= 11 is 0. The van der Waals surface area contributed by atoms with Gasteiger partial charge in [-0.3, -0.25) is 4.79 Å². The molecule has 0 aliphatic rings. The number of unbranched alkanes of at least 4 members (excludes halogenated alkanes) is 2. The van der Waals surface area contributed by atoms with E-state index in [1.807, 2.05) is 24.3 Å². The number of nitrogens with one attached hydrogen (secondary N) is 1. The predicted molar refractivity (Wildman–Crippen MR) is 116 cm³/mol. The molecule has 0 unspecified atom stereocenters. The van der Waals surface area contributed by atoms with E-state index in [1.165, 1.54) is 0 Å². The van der Waals surface area contributed by atoms with Gasteiger partial charge in [0.1, 0.15) is 12.4 Å². The lowest BCUT2D eigenvalue weighted by atomic mass is 10.1. The maximum absolute atomic E-state index is 12.5. The van der Waals surface area contributed by atoms with Gasteiger partial charge in [0.25, 0.3) is 5.91 Å². The molecule has 5 nitrogen and oxygen atoms in total. The van der Waals surface area contributed by atoms with Crippen molar-refractivity contribution in [1.82, 2.24) is 5.32 Å². The molecule has 5 heteroatoms. The lowest BCUT2D eigenvalue weighted by molar-refractivity contribution is 0.0953. The van der Waals surface area contributed by atoms with Crippen LogP contribution in [0.5, 0.6) is 17.2 Å². The Bertz CT molecular complexity index is 771. The maximum Gasteiger partial charge on any atom is 0.251 e. The second-order valence-electron chi connectivity index (χ2n) is 6.67. The first-order valence-electron chi connectivity index (χ1n) is 10.1. The molecule has 0 heterocycles. The van der Waals surface area contributed by atoms with E-state index in [0.717, 1.165) is 37.0 Å². The van der Waals surface area contributed by atoms with Crippen molar-refractivity contribution in [2.75, 3.05) is 26.9 Å². The quantitative estimate of drug-likeness (QED) is 0.390. The number of carbonyl (C=O) groups is 1. The van der Waals surface area contributed by atoms with E-state index in [0.29, 0.717) is 36.8 Å². The minimum Gasteiger partial charge on any atom is -0.493 e. The molecule has 0 aliphatic carbocycles. The lowest BCUT2D eigenvalue weighted by Gasteiger charge is -2.12. The lowest BCUT2D eigenvalue weighted by Crippen LogP contribution is -2.25. The van der Waals surface area contributed by atoms with Crippen molar-refractivity contribution in [1.29, 1.82) is 0 Å². The van der Waals surface area contributed by atoms with Crippen LogP contribution in [0.15, 0.2) is 55.1 Å². The first kappa shape index (κ1) is 22.3. The Kier molecular flexibility index (Phi) is 9.63. The Balaban J connectivity index is 1.87. The average Bonchev–Trinajstić information content (AvgIpc) is 2.76. The van der Waals surface area contributed by atoms with Gasteiger partial charge in [-0.1, -0.05) is 44.6 Å². The molecule has 156 valence electrons.